The van der Waals surface area contributed by atoms with Crippen LogP contribution >= 0.6 is 0 Å². The van der Waals surface area contributed by atoms with Crippen LogP contribution in [0.1, 0.15) is 37.9 Å². The van der Waals surface area contributed by atoms with Gasteiger partial charge < -0.3 is 4.90 Å². The normalized spacial score (nSPS) is 21.4. The molecule has 0 saturated carbocycles. The molecule has 0 radical (unpaired) electrons. The van der Waals surface area contributed by atoms with E-state index in [0.29, 0.717) is 0 Å². The Morgan fingerprint density at radius 3 is 3.00 bits per heavy atom. The molecule has 1 aromatic rings. The number of hydrogen-bond acceptors (Lipinski definition) is 3. The van der Waals surface area contributed by atoms with E-state index in [-0.39, 0.29) is 11.9 Å². The number of carbonyl (C=O) groups excluding carboxylic acids is 1. The van der Waals surface area contributed by atoms with Crippen molar-refractivity contribution in [2.75, 3.05) is 6.54 Å². The molecule has 4 heteroatoms. The molecule has 0 aromatic carbocycles. The molecule has 2 rings (SSSR count). The average Bonchev–Trinajstić information content (AvgIpc) is 2.30. The fourth-order valence-electron chi connectivity index (χ4n) is 2.10. The molecule has 0 spiro atoms. The number of likely N-dealkylation sites (tertiary alicyclic amines) is 1. The van der Waals surface area contributed by atoms with Crippen molar-refractivity contribution in [3.63, 3.8) is 0 Å². The first-order chi connectivity index (χ1) is 7.29. The molecule has 80 valence electrons. The van der Waals surface area contributed by atoms with E-state index in [2.05, 4.69) is 9.97 Å². The van der Waals surface area contributed by atoms with E-state index in [9.17, 15) is 4.79 Å². The summed E-state index contributed by atoms with van der Waals surface area (Å²) in [4.78, 5) is 21.7. The van der Waals surface area contributed by atoms with E-state index >= 15 is 0 Å². The molecule has 0 aliphatic carbocycles. The summed E-state index contributed by atoms with van der Waals surface area (Å²) in [6.07, 6.45) is 8.35. The molecule has 1 aliphatic rings. The summed E-state index contributed by atoms with van der Waals surface area (Å²) in [5.41, 5.74) is 0.910. The van der Waals surface area contributed by atoms with Crippen LogP contribution in [0.3, 0.4) is 0 Å². The molecule has 2 heterocycles. The van der Waals surface area contributed by atoms with Crippen LogP contribution in [0.5, 0.6) is 0 Å². The van der Waals surface area contributed by atoms with E-state index < -0.39 is 0 Å². The maximum atomic E-state index is 11.5. The first-order valence-electron chi connectivity index (χ1n) is 5.32. The van der Waals surface area contributed by atoms with E-state index in [0.717, 1.165) is 31.5 Å². The number of piperidine rings is 1. The third-order valence-corrected chi connectivity index (χ3v) is 2.83. The van der Waals surface area contributed by atoms with E-state index in [1.165, 1.54) is 0 Å². The summed E-state index contributed by atoms with van der Waals surface area (Å²) in [5.74, 6) is 0.130. The van der Waals surface area contributed by atoms with Crippen molar-refractivity contribution in [1.82, 2.24) is 14.9 Å². The molecule has 0 N–H and O–H groups in total. The van der Waals surface area contributed by atoms with Gasteiger partial charge in [0.05, 0.1) is 17.9 Å². The van der Waals surface area contributed by atoms with Gasteiger partial charge >= 0.3 is 0 Å². The summed E-state index contributed by atoms with van der Waals surface area (Å²) in [5, 5.41) is 0. The van der Waals surface area contributed by atoms with Gasteiger partial charge in [0.2, 0.25) is 5.91 Å². The molecule has 1 saturated heterocycles. The second-order valence-electron chi connectivity index (χ2n) is 3.85. The van der Waals surface area contributed by atoms with E-state index in [4.69, 9.17) is 0 Å². The molecule has 1 aromatic heterocycles. The number of amides is 1. The van der Waals surface area contributed by atoms with Gasteiger partial charge in [-0.1, -0.05) is 0 Å². The number of nitrogens with zero attached hydrogens (tertiary/aromatic N) is 3. The highest BCUT2D eigenvalue weighted by atomic mass is 16.2. The molecule has 0 bridgehead atoms. The van der Waals surface area contributed by atoms with Crippen molar-refractivity contribution in [3.05, 3.63) is 24.3 Å². The van der Waals surface area contributed by atoms with Crippen LogP contribution in [-0.2, 0) is 4.79 Å². The zero-order valence-corrected chi connectivity index (χ0v) is 8.89. The van der Waals surface area contributed by atoms with E-state index in [1.54, 1.807) is 25.5 Å². The largest absolute Gasteiger partial charge is 0.334 e. The highest BCUT2D eigenvalue weighted by Gasteiger charge is 2.26. The quantitative estimate of drug-likeness (QED) is 0.698. The number of rotatable bonds is 1. The first kappa shape index (κ1) is 10.1. The smallest absolute Gasteiger partial charge is 0.220 e. The van der Waals surface area contributed by atoms with Crippen molar-refractivity contribution in [2.24, 2.45) is 0 Å². The monoisotopic (exact) mass is 205 g/mol. The van der Waals surface area contributed by atoms with Crippen molar-refractivity contribution in [2.45, 2.75) is 32.2 Å². The predicted molar refractivity (Wildman–Crippen MR) is 56.0 cm³/mol. The SMILES string of the molecule is CC(=O)N1CCCCC1c1cnccn1. The Hall–Kier alpha value is -1.45. The maximum Gasteiger partial charge on any atom is 0.220 e. The lowest BCUT2D eigenvalue weighted by Gasteiger charge is -2.34. The van der Waals surface area contributed by atoms with Gasteiger partial charge in [0, 0.05) is 25.9 Å². The third kappa shape index (κ3) is 2.14. The highest BCUT2D eigenvalue weighted by molar-refractivity contribution is 5.73. The number of carbonyl (C=O) groups is 1. The zero-order valence-electron chi connectivity index (χ0n) is 8.89. The summed E-state index contributed by atoms with van der Waals surface area (Å²) < 4.78 is 0. The van der Waals surface area contributed by atoms with Gasteiger partial charge in [-0.25, -0.2) is 0 Å². The van der Waals surface area contributed by atoms with Crippen LogP contribution in [0, 0.1) is 0 Å². The molecule has 1 fully saturated rings. The van der Waals surface area contributed by atoms with Gasteiger partial charge in [0.15, 0.2) is 0 Å². The maximum absolute atomic E-state index is 11.5. The minimum atomic E-state index is 0.130. The van der Waals surface area contributed by atoms with Crippen molar-refractivity contribution in [3.8, 4) is 0 Å². The molecule has 4 nitrogen and oxygen atoms in total. The van der Waals surface area contributed by atoms with Gasteiger partial charge in [0.1, 0.15) is 0 Å². The van der Waals surface area contributed by atoms with Crippen LogP contribution < -0.4 is 0 Å². The lowest BCUT2D eigenvalue weighted by Crippen LogP contribution is -2.37. The molecule has 1 aliphatic heterocycles. The fraction of sp³-hybridized carbons (Fsp3) is 0.545. The molecule has 1 unspecified atom stereocenters. The summed E-state index contributed by atoms with van der Waals surface area (Å²) in [7, 11) is 0. The lowest BCUT2D eigenvalue weighted by molar-refractivity contribution is -0.132. The second kappa shape index (κ2) is 4.38. The van der Waals surface area contributed by atoms with Crippen LogP contribution in [0.25, 0.3) is 0 Å². The van der Waals surface area contributed by atoms with Crippen molar-refractivity contribution >= 4 is 5.91 Å². The fourth-order valence-corrected chi connectivity index (χ4v) is 2.10. The standard InChI is InChI=1S/C11H15N3O/c1-9(15)14-7-3-2-4-11(14)10-8-12-5-6-13-10/h5-6,8,11H,2-4,7H2,1H3. The van der Waals surface area contributed by atoms with Crippen LogP contribution in [0.4, 0.5) is 0 Å². The summed E-state index contributed by atoms with van der Waals surface area (Å²) in [6.45, 7) is 2.46. The van der Waals surface area contributed by atoms with Gasteiger partial charge in [-0.2, -0.15) is 0 Å². The molecule has 1 atom stereocenters. The minimum Gasteiger partial charge on any atom is -0.334 e. The van der Waals surface area contributed by atoms with Crippen LogP contribution in [0.15, 0.2) is 18.6 Å². The molecule has 15 heavy (non-hydrogen) atoms. The predicted octanol–water partition coefficient (Wildman–Crippen LogP) is 1.55. The van der Waals surface area contributed by atoms with Gasteiger partial charge in [-0.3, -0.25) is 14.8 Å². The van der Waals surface area contributed by atoms with Crippen molar-refractivity contribution in [1.29, 1.82) is 0 Å². The van der Waals surface area contributed by atoms with Gasteiger partial charge in [-0.05, 0) is 19.3 Å². The van der Waals surface area contributed by atoms with E-state index in [1.807, 2.05) is 4.90 Å². The zero-order chi connectivity index (χ0) is 10.7. The van der Waals surface area contributed by atoms with Crippen LogP contribution in [-0.4, -0.2) is 27.3 Å². The highest BCUT2D eigenvalue weighted by Crippen LogP contribution is 2.28. The third-order valence-electron chi connectivity index (χ3n) is 2.83. The second-order valence-corrected chi connectivity index (χ2v) is 3.85. The van der Waals surface area contributed by atoms with Gasteiger partial charge in [0.25, 0.3) is 0 Å². The molecular weight excluding hydrogens is 190 g/mol. The molecular formula is C11H15N3O. The Morgan fingerprint density at radius 2 is 2.33 bits per heavy atom. The number of hydrogen-bond donors (Lipinski definition) is 0. The first-order valence-corrected chi connectivity index (χ1v) is 5.32. The van der Waals surface area contributed by atoms with Crippen molar-refractivity contribution < 1.29 is 4.79 Å². The van der Waals surface area contributed by atoms with Gasteiger partial charge in [-0.15, -0.1) is 0 Å². The lowest BCUT2D eigenvalue weighted by atomic mass is 9.99. The Balaban J connectivity index is 2.22. The molecule has 1 amide bonds. The summed E-state index contributed by atoms with van der Waals surface area (Å²) >= 11 is 0. The Bertz CT molecular complexity index is 339. The Kier molecular flexibility index (Phi) is 2.94. The number of aromatic nitrogens is 2. The summed E-state index contributed by atoms with van der Waals surface area (Å²) in [6, 6.07) is 0.130. The Labute approximate surface area is 89.3 Å². The Morgan fingerprint density at radius 1 is 1.47 bits per heavy atom. The topological polar surface area (TPSA) is 46.1 Å². The van der Waals surface area contributed by atoms with Crippen LogP contribution in [0.2, 0.25) is 0 Å². The minimum absolute atomic E-state index is 0.130. The average molecular weight is 205 g/mol.